The maximum Gasteiger partial charge on any atom is 0.509 e. The van der Waals surface area contributed by atoms with Gasteiger partial charge in [-0.15, -0.1) is 5.46 Å². The monoisotopic (exact) mass is 229 g/mol. The molecule has 0 aliphatic carbocycles. The Kier molecular flexibility index (Phi) is 2.44. The number of fused-ring (bicyclic) bond motifs is 1. The van der Waals surface area contributed by atoms with Gasteiger partial charge in [0.15, 0.2) is 0 Å². The molecule has 88 valence electrons. The van der Waals surface area contributed by atoms with Gasteiger partial charge in [-0.25, -0.2) is 0 Å². The highest BCUT2D eigenvalue weighted by Gasteiger charge is 2.30. The van der Waals surface area contributed by atoms with Gasteiger partial charge in [0.1, 0.15) is 11.4 Å². The van der Waals surface area contributed by atoms with Gasteiger partial charge in [-0.3, -0.25) is 0 Å². The third-order valence-corrected chi connectivity index (χ3v) is 2.85. The maximum absolute atomic E-state index is 12.6. The summed E-state index contributed by atoms with van der Waals surface area (Å²) in [4.78, 5) is 0. The molecule has 0 atom stereocenters. The van der Waals surface area contributed by atoms with Crippen molar-refractivity contribution >= 4 is 12.4 Å². The molecule has 1 aromatic rings. The van der Waals surface area contributed by atoms with Crippen molar-refractivity contribution < 1.29 is 17.7 Å². The van der Waals surface area contributed by atoms with Crippen LogP contribution >= 0.6 is 0 Å². The Hall–Kier alpha value is -1.13. The fourth-order valence-corrected chi connectivity index (χ4v) is 1.86. The first-order valence-electron chi connectivity index (χ1n) is 5.30. The average Bonchev–Trinajstić information content (AvgIpc) is 2.13. The van der Waals surface area contributed by atoms with Crippen LogP contribution in [0, 0.1) is 0 Å². The second-order valence-electron chi connectivity index (χ2n) is 4.80. The summed E-state index contributed by atoms with van der Waals surface area (Å²) in [7, 11) is 0. The number of benzene rings is 1. The van der Waals surface area contributed by atoms with Crippen LogP contribution in [-0.4, -0.2) is 12.6 Å². The van der Waals surface area contributed by atoms with Crippen LogP contribution in [0.15, 0.2) is 18.2 Å². The lowest BCUT2D eigenvalue weighted by atomic mass is 9.79. The fourth-order valence-electron chi connectivity index (χ4n) is 1.86. The summed E-state index contributed by atoms with van der Waals surface area (Å²) in [5.74, 6) is 0.382. The minimum atomic E-state index is -4.94. The molecule has 16 heavy (non-hydrogen) atoms. The minimum Gasteiger partial charge on any atom is -0.488 e. The Balaban J connectivity index is 2.39. The molecule has 0 saturated heterocycles. The third kappa shape index (κ3) is 2.18. The van der Waals surface area contributed by atoms with Gasteiger partial charge in [0.05, 0.1) is 0 Å². The summed E-state index contributed by atoms with van der Waals surface area (Å²) in [5.41, 5.74) is -0.0934. The van der Waals surface area contributed by atoms with E-state index in [1.165, 1.54) is 6.07 Å². The van der Waals surface area contributed by atoms with Crippen molar-refractivity contribution in [2.45, 2.75) is 32.3 Å². The Labute approximate surface area is 92.7 Å². The summed E-state index contributed by atoms with van der Waals surface area (Å²) >= 11 is 0. The van der Waals surface area contributed by atoms with Crippen molar-refractivity contribution in [1.29, 1.82) is 0 Å². The molecule has 5 heteroatoms. The molecule has 0 radical (unpaired) electrons. The SMILES string of the molecule is CC1(C)CCc2ccc([B-](F)(F)F)cc2O1. The lowest BCUT2D eigenvalue weighted by Crippen LogP contribution is -2.37. The fraction of sp³-hybridized carbons (Fsp3) is 0.455. The third-order valence-electron chi connectivity index (χ3n) is 2.85. The van der Waals surface area contributed by atoms with E-state index in [-0.39, 0.29) is 5.60 Å². The van der Waals surface area contributed by atoms with Crippen LogP contribution in [-0.2, 0) is 6.42 Å². The van der Waals surface area contributed by atoms with E-state index >= 15 is 0 Å². The van der Waals surface area contributed by atoms with Crippen molar-refractivity contribution in [1.82, 2.24) is 0 Å². The van der Waals surface area contributed by atoms with Gasteiger partial charge in [0, 0.05) is 0 Å². The largest absolute Gasteiger partial charge is 0.509 e. The van der Waals surface area contributed by atoms with E-state index in [9.17, 15) is 12.9 Å². The Morgan fingerprint density at radius 1 is 1.25 bits per heavy atom. The molecule has 0 spiro atoms. The predicted molar refractivity (Wildman–Crippen MR) is 58.2 cm³/mol. The molecular formula is C11H13BF3O-. The predicted octanol–water partition coefficient (Wildman–Crippen LogP) is 2.84. The first kappa shape index (κ1) is 11.4. The summed E-state index contributed by atoms with van der Waals surface area (Å²) < 4.78 is 43.2. The molecule has 1 aliphatic rings. The normalized spacial score (nSPS) is 18.8. The van der Waals surface area contributed by atoms with E-state index in [0.717, 1.165) is 30.5 Å². The highest BCUT2D eigenvalue weighted by molar-refractivity contribution is 6.73. The molecule has 0 N–H and O–H groups in total. The smallest absolute Gasteiger partial charge is 0.488 e. The number of ether oxygens (including phenoxy) is 1. The molecule has 2 rings (SSSR count). The van der Waals surface area contributed by atoms with Gasteiger partial charge in [0.2, 0.25) is 0 Å². The topological polar surface area (TPSA) is 9.23 Å². The zero-order valence-corrected chi connectivity index (χ0v) is 9.27. The van der Waals surface area contributed by atoms with Crippen molar-refractivity contribution in [3.63, 3.8) is 0 Å². The summed E-state index contributed by atoms with van der Waals surface area (Å²) in [6, 6.07) is 3.78. The Morgan fingerprint density at radius 3 is 2.56 bits per heavy atom. The van der Waals surface area contributed by atoms with E-state index < -0.39 is 12.4 Å². The number of rotatable bonds is 1. The molecule has 1 heterocycles. The Morgan fingerprint density at radius 2 is 1.94 bits per heavy atom. The van der Waals surface area contributed by atoms with E-state index in [1.807, 2.05) is 13.8 Å². The highest BCUT2D eigenvalue weighted by atomic mass is 19.4. The van der Waals surface area contributed by atoms with Crippen LogP contribution in [0.4, 0.5) is 12.9 Å². The van der Waals surface area contributed by atoms with Gasteiger partial charge >= 0.3 is 6.98 Å². The lowest BCUT2D eigenvalue weighted by molar-refractivity contribution is 0.0848. The molecule has 1 aromatic carbocycles. The molecule has 0 amide bonds. The van der Waals surface area contributed by atoms with E-state index in [2.05, 4.69) is 0 Å². The molecule has 1 aliphatic heterocycles. The van der Waals surface area contributed by atoms with Gasteiger partial charge in [-0.05, 0) is 38.3 Å². The standard InChI is InChI=1S/C11H13BF3O/c1-11(2)6-5-8-3-4-9(12(13,14)15)7-10(8)16-11/h3-4,7H,5-6H2,1-2H3/q-1. The molecule has 0 unspecified atom stereocenters. The second-order valence-corrected chi connectivity index (χ2v) is 4.80. The van der Waals surface area contributed by atoms with Gasteiger partial charge in [0.25, 0.3) is 0 Å². The second kappa shape index (κ2) is 3.44. The van der Waals surface area contributed by atoms with E-state index in [4.69, 9.17) is 4.74 Å². The summed E-state index contributed by atoms with van der Waals surface area (Å²) in [6.45, 7) is -1.16. The average molecular weight is 229 g/mol. The zero-order valence-electron chi connectivity index (χ0n) is 9.27. The van der Waals surface area contributed by atoms with Crippen LogP contribution in [0.5, 0.6) is 5.75 Å². The van der Waals surface area contributed by atoms with Gasteiger partial charge in [-0.1, -0.05) is 12.1 Å². The van der Waals surface area contributed by atoms with Crippen molar-refractivity contribution in [3.05, 3.63) is 23.8 Å². The van der Waals surface area contributed by atoms with Crippen LogP contribution in [0.1, 0.15) is 25.8 Å². The van der Waals surface area contributed by atoms with E-state index in [1.54, 1.807) is 0 Å². The molecule has 0 bridgehead atoms. The van der Waals surface area contributed by atoms with Crippen LogP contribution in [0.2, 0.25) is 0 Å². The molecular weight excluding hydrogens is 216 g/mol. The molecule has 0 saturated carbocycles. The molecule has 1 nitrogen and oxygen atoms in total. The maximum atomic E-state index is 12.6. The number of aryl methyl sites for hydroxylation is 1. The van der Waals surface area contributed by atoms with Gasteiger partial charge in [-0.2, -0.15) is 0 Å². The first-order chi connectivity index (χ1) is 7.28. The van der Waals surface area contributed by atoms with Crippen molar-refractivity contribution in [3.8, 4) is 5.75 Å². The highest BCUT2D eigenvalue weighted by Crippen LogP contribution is 2.32. The van der Waals surface area contributed by atoms with E-state index in [0.29, 0.717) is 5.75 Å². The number of hydrogen-bond acceptors (Lipinski definition) is 1. The quantitative estimate of drug-likeness (QED) is 0.672. The molecule has 0 fully saturated rings. The van der Waals surface area contributed by atoms with Crippen LogP contribution < -0.4 is 10.2 Å². The van der Waals surface area contributed by atoms with Crippen LogP contribution in [0.3, 0.4) is 0 Å². The molecule has 0 aromatic heterocycles. The minimum absolute atomic E-state index is 0.371. The Bertz CT molecular complexity index is 412. The first-order valence-corrected chi connectivity index (χ1v) is 5.30. The number of hydrogen-bond donors (Lipinski definition) is 0. The zero-order chi connectivity index (χ0) is 12.0. The summed E-state index contributed by atoms with van der Waals surface area (Å²) in [6.07, 6.45) is 1.60. The summed E-state index contributed by atoms with van der Waals surface area (Å²) in [5, 5.41) is 0. The van der Waals surface area contributed by atoms with Gasteiger partial charge < -0.3 is 17.7 Å². The van der Waals surface area contributed by atoms with Crippen molar-refractivity contribution in [2.75, 3.05) is 0 Å². The number of halogens is 3. The van der Waals surface area contributed by atoms with Crippen molar-refractivity contribution in [2.24, 2.45) is 0 Å². The van der Waals surface area contributed by atoms with Crippen LogP contribution in [0.25, 0.3) is 0 Å². The lowest BCUT2D eigenvalue weighted by Gasteiger charge is -2.33.